The second-order valence-electron chi connectivity index (χ2n) is 4.10. The number of rotatable bonds is 3. The van der Waals surface area contributed by atoms with Crippen LogP contribution >= 0.6 is 0 Å². The van der Waals surface area contributed by atoms with Crippen LogP contribution in [0.15, 0.2) is 18.3 Å². The van der Waals surface area contributed by atoms with Crippen molar-refractivity contribution in [2.75, 3.05) is 6.54 Å². The molecule has 0 radical (unpaired) electrons. The number of hydrogen-bond donors (Lipinski definition) is 1. The van der Waals surface area contributed by atoms with Crippen molar-refractivity contribution in [3.63, 3.8) is 0 Å². The van der Waals surface area contributed by atoms with Gasteiger partial charge < -0.3 is 5.73 Å². The van der Waals surface area contributed by atoms with Crippen LogP contribution in [0.2, 0.25) is 0 Å². The van der Waals surface area contributed by atoms with Gasteiger partial charge in [0, 0.05) is 18.3 Å². The fourth-order valence-electron chi connectivity index (χ4n) is 2.29. The molecular formula is C12H18N2. The summed E-state index contributed by atoms with van der Waals surface area (Å²) < 4.78 is 0. The van der Waals surface area contributed by atoms with Crippen LogP contribution in [-0.4, -0.2) is 11.5 Å². The maximum atomic E-state index is 5.52. The van der Waals surface area contributed by atoms with Crippen LogP contribution in [0.5, 0.6) is 0 Å². The molecule has 2 heteroatoms. The third-order valence-electron chi connectivity index (χ3n) is 3.07. The number of nitrogens with zero attached hydrogens (tertiary/aromatic N) is 1. The lowest BCUT2D eigenvalue weighted by molar-refractivity contribution is 0.718. The highest BCUT2D eigenvalue weighted by molar-refractivity contribution is 5.21. The summed E-state index contributed by atoms with van der Waals surface area (Å²) in [6.45, 7) is 0.696. The van der Waals surface area contributed by atoms with Crippen molar-refractivity contribution in [1.29, 1.82) is 0 Å². The highest BCUT2D eigenvalue weighted by Gasteiger charge is 2.16. The Balaban J connectivity index is 2.12. The van der Waals surface area contributed by atoms with Crippen LogP contribution in [0, 0.1) is 0 Å². The van der Waals surface area contributed by atoms with E-state index in [0.717, 1.165) is 18.0 Å². The number of hydrogen-bond acceptors (Lipinski definition) is 2. The highest BCUT2D eigenvalue weighted by Crippen LogP contribution is 2.33. The van der Waals surface area contributed by atoms with Gasteiger partial charge in [0.15, 0.2) is 0 Å². The average molecular weight is 190 g/mol. The lowest BCUT2D eigenvalue weighted by atomic mass is 9.98. The molecule has 1 aromatic rings. The van der Waals surface area contributed by atoms with Crippen molar-refractivity contribution < 1.29 is 0 Å². The zero-order chi connectivity index (χ0) is 9.80. The molecule has 0 aromatic carbocycles. The molecule has 0 unspecified atom stereocenters. The molecule has 1 fully saturated rings. The van der Waals surface area contributed by atoms with E-state index in [-0.39, 0.29) is 0 Å². The molecule has 1 aliphatic carbocycles. The van der Waals surface area contributed by atoms with Crippen LogP contribution in [0.4, 0.5) is 0 Å². The highest BCUT2D eigenvalue weighted by atomic mass is 14.7. The average Bonchev–Trinajstić information content (AvgIpc) is 2.71. The van der Waals surface area contributed by atoms with Crippen LogP contribution in [0.3, 0.4) is 0 Å². The zero-order valence-electron chi connectivity index (χ0n) is 8.58. The Kier molecular flexibility index (Phi) is 3.14. The van der Waals surface area contributed by atoms with Gasteiger partial charge in [-0.15, -0.1) is 0 Å². The molecule has 2 nitrogen and oxygen atoms in total. The first-order valence-corrected chi connectivity index (χ1v) is 5.55. The van der Waals surface area contributed by atoms with E-state index in [1.54, 1.807) is 0 Å². The summed E-state index contributed by atoms with van der Waals surface area (Å²) in [6, 6.07) is 4.40. The molecule has 0 saturated heterocycles. The lowest BCUT2D eigenvalue weighted by Crippen LogP contribution is -2.05. The Morgan fingerprint density at radius 2 is 2.14 bits per heavy atom. The summed E-state index contributed by atoms with van der Waals surface area (Å²) in [5.41, 5.74) is 8.15. The Morgan fingerprint density at radius 3 is 2.86 bits per heavy atom. The van der Waals surface area contributed by atoms with Gasteiger partial charge in [0.25, 0.3) is 0 Å². The molecule has 0 atom stereocenters. The number of pyridine rings is 1. The molecule has 2 N–H and O–H groups in total. The first kappa shape index (κ1) is 9.66. The predicted octanol–water partition coefficient (Wildman–Crippen LogP) is 2.24. The molecule has 1 aliphatic rings. The SMILES string of the molecule is NCCc1cc(C2CCCC2)ccn1. The van der Waals surface area contributed by atoms with Crippen LogP contribution < -0.4 is 5.73 Å². The Bertz CT molecular complexity index is 290. The van der Waals surface area contributed by atoms with Crippen molar-refractivity contribution >= 4 is 0 Å². The van der Waals surface area contributed by atoms with Crippen molar-refractivity contribution in [2.24, 2.45) is 5.73 Å². The van der Waals surface area contributed by atoms with Gasteiger partial charge in [-0.3, -0.25) is 4.98 Å². The van der Waals surface area contributed by atoms with Gasteiger partial charge >= 0.3 is 0 Å². The summed E-state index contributed by atoms with van der Waals surface area (Å²) in [6.07, 6.45) is 8.32. The standard InChI is InChI=1S/C12H18N2/c13-7-5-12-9-11(6-8-14-12)10-3-1-2-4-10/h6,8-10H,1-5,7,13H2. The van der Waals surface area contributed by atoms with Gasteiger partial charge in [0.2, 0.25) is 0 Å². The maximum absolute atomic E-state index is 5.52. The topological polar surface area (TPSA) is 38.9 Å². The molecule has 0 amide bonds. The molecule has 76 valence electrons. The zero-order valence-corrected chi connectivity index (χ0v) is 8.58. The fraction of sp³-hybridized carbons (Fsp3) is 0.583. The van der Waals surface area contributed by atoms with E-state index >= 15 is 0 Å². The number of nitrogens with two attached hydrogens (primary N) is 1. The Morgan fingerprint density at radius 1 is 1.36 bits per heavy atom. The lowest BCUT2D eigenvalue weighted by Gasteiger charge is -2.10. The second-order valence-corrected chi connectivity index (χ2v) is 4.10. The Hall–Kier alpha value is -0.890. The van der Waals surface area contributed by atoms with E-state index in [4.69, 9.17) is 5.73 Å². The molecule has 0 bridgehead atoms. The van der Waals surface area contributed by atoms with Crippen LogP contribution in [0.1, 0.15) is 42.9 Å². The maximum Gasteiger partial charge on any atom is 0.0419 e. The van der Waals surface area contributed by atoms with E-state index in [0.29, 0.717) is 6.54 Å². The summed E-state index contributed by atoms with van der Waals surface area (Å²) in [5, 5.41) is 0. The van der Waals surface area contributed by atoms with Gasteiger partial charge in [-0.2, -0.15) is 0 Å². The first-order valence-electron chi connectivity index (χ1n) is 5.55. The van der Waals surface area contributed by atoms with E-state index < -0.39 is 0 Å². The molecule has 2 rings (SSSR count). The molecule has 14 heavy (non-hydrogen) atoms. The summed E-state index contributed by atoms with van der Waals surface area (Å²) in [7, 11) is 0. The monoisotopic (exact) mass is 190 g/mol. The smallest absolute Gasteiger partial charge is 0.0419 e. The summed E-state index contributed by atoms with van der Waals surface area (Å²) in [5.74, 6) is 0.787. The summed E-state index contributed by atoms with van der Waals surface area (Å²) >= 11 is 0. The third-order valence-corrected chi connectivity index (χ3v) is 3.07. The molecule has 1 saturated carbocycles. The van der Waals surface area contributed by atoms with E-state index in [1.807, 2.05) is 6.20 Å². The number of aromatic nitrogens is 1. The molecule has 1 aromatic heterocycles. The fourth-order valence-corrected chi connectivity index (χ4v) is 2.29. The normalized spacial score (nSPS) is 17.5. The van der Waals surface area contributed by atoms with Crippen molar-refractivity contribution in [1.82, 2.24) is 4.98 Å². The molecular weight excluding hydrogens is 172 g/mol. The quantitative estimate of drug-likeness (QED) is 0.794. The van der Waals surface area contributed by atoms with Crippen molar-refractivity contribution in [3.05, 3.63) is 29.6 Å². The molecule has 1 heterocycles. The molecule has 0 spiro atoms. The summed E-state index contributed by atoms with van der Waals surface area (Å²) in [4.78, 5) is 4.32. The second kappa shape index (κ2) is 4.56. The predicted molar refractivity (Wildman–Crippen MR) is 58.2 cm³/mol. The van der Waals surface area contributed by atoms with Gasteiger partial charge in [0.05, 0.1) is 0 Å². The third kappa shape index (κ3) is 2.13. The molecule has 0 aliphatic heterocycles. The van der Waals surface area contributed by atoms with Crippen molar-refractivity contribution in [2.45, 2.75) is 38.0 Å². The van der Waals surface area contributed by atoms with E-state index in [9.17, 15) is 0 Å². The van der Waals surface area contributed by atoms with Crippen LogP contribution in [0.25, 0.3) is 0 Å². The van der Waals surface area contributed by atoms with Gasteiger partial charge in [-0.1, -0.05) is 12.8 Å². The van der Waals surface area contributed by atoms with Crippen LogP contribution in [-0.2, 0) is 6.42 Å². The van der Waals surface area contributed by atoms with E-state index in [2.05, 4.69) is 17.1 Å². The Labute approximate surface area is 85.5 Å². The van der Waals surface area contributed by atoms with Crippen molar-refractivity contribution in [3.8, 4) is 0 Å². The minimum atomic E-state index is 0.696. The minimum Gasteiger partial charge on any atom is -0.330 e. The minimum absolute atomic E-state index is 0.696. The van der Waals surface area contributed by atoms with Gasteiger partial charge in [0.1, 0.15) is 0 Å². The largest absolute Gasteiger partial charge is 0.330 e. The van der Waals surface area contributed by atoms with Gasteiger partial charge in [-0.05, 0) is 43.0 Å². The first-order chi connectivity index (χ1) is 6.90. The van der Waals surface area contributed by atoms with E-state index in [1.165, 1.54) is 31.2 Å². The van der Waals surface area contributed by atoms with Gasteiger partial charge in [-0.25, -0.2) is 0 Å².